The Hall–Kier alpha value is -1.47. The highest BCUT2D eigenvalue weighted by Gasteiger charge is 2.26. The summed E-state index contributed by atoms with van der Waals surface area (Å²) in [5.41, 5.74) is 0. The second-order valence-corrected chi connectivity index (χ2v) is 5.87. The first-order valence-corrected chi connectivity index (χ1v) is 8.13. The maximum atomic E-state index is 11.8. The first kappa shape index (κ1) is 16.9. The van der Waals surface area contributed by atoms with Gasteiger partial charge in [0.1, 0.15) is 0 Å². The van der Waals surface area contributed by atoms with Gasteiger partial charge in [0.2, 0.25) is 11.8 Å². The van der Waals surface area contributed by atoms with E-state index in [2.05, 4.69) is 39.1 Å². The molecule has 0 aromatic carbocycles. The smallest absolute Gasteiger partial charge is 0.243 e. The largest absolute Gasteiger partial charge is 0.355 e. The first-order chi connectivity index (χ1) is 10.6. The van der Waals surface area contributed by atoms with E-state index in [4.69, 9.17) is 4.52 Å². The lowest BCUT2D eigenvalue weighted by molar-refractivity contribution is -0.122. The molecule has 0 aliphatic carbocycles. The second kappa shape index (κ2) is 8.24. The van der Waals surface area contributed by atoms with E-state index in [-0.39, 0.29) is 11.9 Å². The molecular formula is C15H27N5O2. The van der Waals surface area contributed by atoms with Crippen LogP contribution in [0.25, 0.3) is 0 Å². The van der Waals surface area contributed by atoms with Crippen molar-refractivity contribution in [3.8, 4) is 0 Å². The molecule has 1 amide bonds. The Morgan fingerprint density at radius 3 is 2.68 bits per heavy atom. The second-order valence-electron chi connectivity index (χ2n) is 5.87. The molecule has 1 aromatic heterocycles. The van der Waals surface area contributed by atoms with E-state index >= 15 is 0 Å². The number of nitrogens with one attached hydrogen (secondary N) is 1. The van der Waals surface area contributed by atoms with Gasteiger partial charge in [-0.3, -0.25) is 14.6 Å². The molecule has 7 nitrogen and oxygen atoms in total. The van der Waals surface area contributed by atoms with E-state index in [1.807, 2.05) is 6.92 Å². The third kappa shape index (κ3) is 4.78. The quantitative estimate of drug-likeness (QED) is 0.757. The summed E-state index contributed by atoms with van der Waals surface area (Å²) < 4.78 is 5.25. The molecule has 22 heavy (non-hydrogen) atoms. The highest BCUT2D eigenvalue weighted by molar-refractivity contribution is 5.77. The van der Waals surface area contributed by atoms with E-state index in [0.29, 0.717) is 18.3 Å². The molecular weight excluding hydrogens is 282 g/mol. The van der Waals surface area contributed by atoms with Crippen molar-refractivity contribution < 1.29 is 9.32 Å². The number of amides is 1. The minimum atomic E-state index is 0.127. The maximum Gasteiger partial charge on any atom is 0.243 e. The van der Waals surface area contributed by atoms with Crippen molar-refractivity contribution in [1.29, 1.82) is 0 Å². The summed E-state index contributed by atoms with van der Waals surface area (Å²) >= 11 is 0. The van der Waals surface area contributed by atoms with E-state index in [1.165, 1.54) is 0 Å². The molecule has 1 unspecified atom stereocenters. The Balaban J connectivity index is 1.72. The molecule has 1 N–H and O–H groups in total. The fourth-order valence-electron chi connectivity index (χ4n) is 2.61. The van der Waals surface area contributed by atoms with Crippen molar-refractivity contribution in [3.63, 3.8) is 0 Å². The normalized spacial score (nSPS) is 18.3. The monoisotopic (exact) mass is 309 g/mol. The molecule has 2 rings (SSSR count). The average Bonchev–Trinajstić information content (AvgIpc) is 2.94. The predicted molar refractivity (Wildman–Crippen MR) is 83.4 cm³/mol. The molecule has 1 atom stereocenters. The molecule has 124 valence electrons. The third-order valence-electron chi connectivity index (χ3n) is 4.07. The van der Waals surface area contributed by atoms with Crippen LogP contribution in [0.15, 0.2) is 4.52 Å². The van der Waals surface area contributed by atoms with E-state index in [1.54, 1.807) is 0 Å². The standard InChI is InChI=1S/C15H27N5O2/c1-4-5-6-16-14(21)11-19-7-9-20(10-8-19)12(2)15-17-13(3)18-22-15/h12H,4-11H2,1-3H3,(H,16,21). The summed E-state index contributed by atoms with van der Waals surface area (Å²) in [6.45, 7) is 10.9. The highest BCUT2D eigenvalue weighted by Crippen LogP contribution is 2.19. The van der Waals surface area contributed by atoms with Gasteiger partial charge in [-0.15, -0.1) is 0 Å². The summed E-state index contributed by atoms with van der Waals surface area (Å²) in [6.07, 6.45) is 2.15. The van der Waals surface area contributed by atoms with E-state index < -0.39 is 0 Å². The van der Waals surface area contributed by atoms with Crippen molar-refractivity contribution in [1.82, 2.24) is 25.3 Å². The summed E-state index contributed by atoms with van der Waals surface area (Å²) in [7, 11) is 0. The summed E-state index contributed by atoms with van der Waals surface area (Å²) in [5, 5.41) is 6.81. The van der Waals surface area contributed by atoms with Crippen LogP contribution in [-0.4, -0.2) is 65.1 Å². The van der Waals surface area contributed by atoms with Gasteiger partial charge in [-0.05, 0) is 20.3 Å². The molecule has 0 radical (unpaired) electrons. The molecule has 2 heterocycles. The van der Waals surface area contributed by atoms with Crippen molar-refractivity contribution in [3.05, 3.63) is 11.7 Å². The number of nitrogens with zero attached hydrogens (tertiary/aromatic N) is 4. The van der Waals surface area contributed by atoms with Gasteiger partial charge < -0.3 is 9.84 Å². The number of carbonyl (C=O) groups excluding carboxylic acids is 1. The van der Waals surface area contributed by atoms with Crippen molar-refractivity contribution in [2.75, 3.05) is 39.3 Å². The van der Waals surface area contributed by atoms with E-state index in [0.717, 1.165) is 45.6 Å². The fourth-order valence-corrected chi connectivity index (χ4v) is 2.61. The van der Waals surface area contributed by atoms with Crippen LogP contribution < -0.4 is 5.32 Å². The van der Waals surface area contributed by atoms with Crippen molar-refractivity contribution >= 4 is 5.91 Å². The number of unbranched alkanes of at least 4 members (excludes halogenated alkanes) is 1. The van der Waals surface area contributed by atoms with Crippen LogP contribution in [-0.2, 0) is 4.79 Å². The van der Waals surface area contributed by atoms with Crippen LogP contribution in [0.2, 0.25) is 0 Å². The van der Waals surface area contributed by atoms with Crippen LogP contribution in [0.5, 0.6) is 0 Å². The average molecular weight is 309 g/mol. The van der Waals surface area contributed by atoms with E-state index in [9.17, 15) is 4.79 Å². The van der Waals surface area contributed by atoms with Crippen molar-refractivity contribution in [2.45, 2.75) is 39.7 Å². The molecule has 1 aliphatic rings. The number of hydrogen-bond acceptors (Lipinski definition) is 6. The number of rotatable bonds is 7. The third-order valence-corrected chi connectivity index (χ3v) is 4.07. The van der Waals surface area contributed by atoms with Gasteiger partial charge in [-0.25, -0.2) is 0 Å². The SMILES string of the molecule is CCCCNC(=O)CN1CCN(C(C)c2nc(C)no2)CC1. The zero-order chi connectivity index (χ0) is 15.9. The Kier molecular flexibility index (Phi) is 6.33. The number of aryl methyl sites for hydroxylation is 1. The zero-order valence-corrected chi connectivity index (χ0v) is 13.8. The first-order valence-electron chi connectivity index (χ1n) is 8.13. The number of hydrogen-bond donors (Lipinski definition) is 1. The zero-order valence-electron chi connectivity index (χ0n) is 13.8. The summed E-state index contributed by atoms with van der Waals surface area (Å²) in [4.78, 5) is 20.6. The maximum absolute atomic E-state index is 11.8. The number of aromatic nitrogens is 2. The van der Waals surface area contributed by atoms with Crippen LogP contribution in [0.1, 0.15) is 44.4 Å². The molecule has 1 saturated heterocycles. The lowest BCUT2D eigenvalue weighted by Gasteiger charge is -2.36. The van der Waals surface area contributed by atoms with Gasteiger partial charge in [0.15, 0.2) is 5.82 Å². The van der Waals surface area contributed by atoms with Crippen molar-refractivity contribution in [2.24, 2.45) is 0 Å². The van der Waals surface area contributed by atoms with Gasteiger partial charge in [0, 0.05) is 32.7 Å². The lowest BCUT2D eigenvalue weighted by Crippen LogP contribution is -2.50. The van der Waals surface area contributed by atoms with Gasteiger partial charge >= 0.3 is 0 Å². The Morgan fingerprint density at radius 2 is 2.09 bits per heavy atom. The summed E-state index contributed by atoms with van der Waals surface area (Å²) in [6, 6.07) is 0.127. The molecule has 0 saturated carbocycles. The Morgan fingerprint density at radius 1 is 1.36 bits per heavy atom. The van der Waals surface area contributed by atoms with Crippen LogP contribution in [0.4, 0.5) is 0 Å². The van der Waals surface area contributed by atoms with Crippen LogP contribution in [0, 0.1) is 6.92 Å². The predicted octanol–water partition coefficient (Wildman–Crippen LogP) is 0.973. The Bertz CT molecular complexity index is 468. The molecule has 0 bridgehead atoms. The number of carbonyl (C=O) groups is 1. The summed E-state index contributed by atoms with van der Waals surface area (Å²) in [5.74, 6) is 1.47. The minimum Gasteiger partial charge on any atom is -0.355 e. The topological polar surface area (TPSA) is 74.5 Å². The molecule has 1 aliphatic heterocycles. The molecule has 1 fully saturated rings. The molecule has 0 spiro atoms. The van der Waals surface area contributed by atoms with Gasteiger partial charge in [0.05, 0.1) is 12.6 Å². The van der Waals surface area contributed by atoms with Gasteiger partial charge in [-0.2, -0.15) is 4.98 Å². The number of piperazine rings is 1. The highest BCUT2D eigenvalue weighted by atomic mass is 16.5. The van der Waals surface area contributed by atoms with Crippen LogP contribution >= 0.6 is 0 Å². The minimum absolute atomic E-state index is 0.127. The van der Waals surface area contributed by atoms with Gasteiger partial charge in [0.25, 0.3) is 0 Å². The Labute approximate surface area is 132 Å². The molecule has 7 heteroatoms. The molecule has 1 aromatic rings. The lowest BCUT2D eigenvalue weighted by atomic mass is 10.2. The van der Waals surface area contributed by atoms with Crippen LogP contribution in [0.3, 0.4) is 0 Å². The van der Waals surface area contributed by atoms with Gasteiger partial charge in [-0.1, -0.05) is 18.5 Å². The fraction of sp³-hybridized carbons (Fsp3) is 0.800.